The number of benzene rings is 4. The summed E-state index contributed by atoms with van der Waals surface area (Å²) in [6, 6.07) is 21.2. The van der Waals surface area contributed by atoms with Crippen molar-refractivity contribution in [1.29, 1.82) is 0 Å². The van der Waals surface area contributed by atoms with Crippen LogP contribution in [0, 0.1) is 0 Å². The Balaban J connectivity index is 1.47. The first-order valence-electron chi connectivity index (χ1n) is 13.4. The first-order chi connectivity index (χ1) is 18.8. The monoisotopic (exact) mass is 530 g/mol. The van der Waals surface area contributed by atoms with E-state index in [1.807, 2.05) is 30.3 Å². The third-order valence-corrected chi connectivity index (χ3v) is 7.86. The van der Waals surface area contributed by atoms with Crippen LogP contribution in [0.15, 0.2) is 72.8 Å². The van der Waals surface area contributed by atoms with Gasteiger partial charge in [0.15, 0.2) is 0 Å². The van der Waals surface area contributed by atoms with Crippen LogP contribution in [0.1, 0.15) is 94.1 Å². The molecule has 0 aromatic heterocycles. The number of carbonyl (C=O) groups excluding carboxylic acids is 4. The summed E-state index contributed by atoms with van der Waals surface area (Å²) >= 11 is 0. The SMILES string of the molecule is CC(C)(C)c1ccc(N2C(=O)c3ccc4c5c(ccc(c35)C2=O)C(=O)N(c2cccc(C(C)(C)C)c2)C4=O)cc1. The van der Waals surface area contributed by atoms with E-state index in [1.54, 1.807) is 42.5 Å². The lowest BCUT2D eigenvalue weighted by Gasteiger charge is -2.32. The minimum atomic E-state index is -0.482. The fourth-order valence-corrected chi connectivity index (χ4v) is 5.57. The van der Waals surface area contributed by atoms with Crippen LogP contribution < -0.4 is 9.80 Å². The van der Waals surface area contributed by atoms with E-state index in [0.717, 1.165) is 11.1 Å². The maximum Gasteiger partial charge on any atom is 0.265 e. The Bertz CT molecular complexity index is 1720. The molecule has 0 spiro atoms. The van der Waals surface area contributed by atoms with Crippen molar-refractivity contribution in [2.24, 2.45) is 0 Å². The lowest BCUT2D eigenvalue weighted by atomic mass is 9.84. The molecule has 0 atom stereocenters. The largest absolute Gasteiger partial charge is 0.268 e. The van der Waals surface area contributed by atoms with E-state index in [1.165, 1.54) is 9.80 Å². The van der Waals surface area contributed by atoms with Gasteiger partial charge in [-0.2, -0.15) is 0 Å². The second-order valence-corrected chi connectivity index (χ2v) is 12.6. The summed E-state index contributed by atoms with van der Waals surface area (Å²) in [5.74, 6) is -1.92. The Hall–Kier alpha value is -4.58. The van der Waals surface area contributed by atoms with E-state index in [-0.39, 0.29) is 10.8 Å². The van der Waals surface area contributed by atoms with E-state index in [2.05, 4.69) is 41.5 Å². The first-order valence-corrected chi connectivity index (χ1v) is 13.4. The van der Waals surface area contributed by atoms with Crippen molar-refractivity contribution < 1.29 is 19.2 Å². The summed E-state index contributed by atoms with van der Waals surface area (Å²) < 4.78 is 0. The molecule has 40 heavy (non-hydrogen) atoms. The number of hydrogen-bond acceptors (Lipinski definition) is 4. The fraction of sp³-hybridized carbons (Fsp3) is 0.235. The highest BCUT2D eigenvalue weighted by Gasteiger charge is 2.40. The van der Waals surface area contributed by atoms with Gasteiger partial charge in [-0.05, 0) is 70.5 Å². The van der Waals surface area contributed by atoms with Crippen LogP contribution >= 0.6 is 0 Å². The molecule has 0 aliphatic carbocycles. The van der Waals surface area contributed by atoms with Gasteiger partial charge in [-0.15, -0.1) is 0 Å². The molecular formula is C34H30N2O4. The van der Waals surface area contributed by atoms with E-state index >= 15 is 0 Å². The van der Waals surface area contributed by atoms with Gasteiger partial charge < -0.3 is 0 Å². The standard InChI is InChI=1S/C34H30N2O4/c1-33(2,3)19-10-12-21(13-11-19)35-29(37)23-14-16-25-28-26(17-15-24(27(23)28)30(35)38)32(40)36(31(25)39)22-9-7-8-20(18-22)34(4,5)6/h7-18H,1-6H3. The number of anilines is 2. The van der Waals surface area contributed by atoms with E-state index in [4.69, 9.17) is 0 Å². The van der Waals surface area contributed by atoms with Crippen molar-refractivity contribution in [1.82, 2.24) is 0 Å². The quantitative estimate of drug-likeness (QED) is 0.261. The summed E-state index contributed by atoms with van der Waals surface area (Å²) in [5.41, 5.74) is 3.95. The minimum Gasteiger partial charge on any atom is -0.268 e. The zero-order valence-corrected chi connectivity index (χ0v) is 23.5. The summed E-state index contributed by atoms with van der Waals surface area (Å²) in [7, 11) is 0. The first kappa shape index (κ1) is 25.7. The molecule has 0 saturated heterocycles. The Kier molecular flexibility index (Phi) is 5.43. The molecule has 4 amide bonds. The molecule has 0 N–H and O–H groups in total. The van der Waals surface area contributed by atoms with Gasteiger partial charge in [0, 0.05) is 33.0 Å². The Morgan fingerprint density at radius 1 is 0.450 bits per heavy atom. The van der Waals surface area contributed by atoms with Crippen molar-refractivity contribution in [3.05, 3.63) is 106 Å². The Morgan fingerprint density at radius 3 is 1.25 bits per heavy atom. The smallest absolute Gasteiger partial charge is 0.265 e. The van der Waals surface area contributed by atoms with Crippen molar-refractivity contribution in [3.8, 4) is 0 Å². The number of imide groups is 2. The van der Waals surface area contributed by atoms with Crippen LogP contribution in [0.4, 0.5) is 11.4 Å². The number of rotatable bonds is 2. The molecule has 0 unspecified atom stereocenters. The van der Waals surface area contributed by atoms with Gasteiger partial charge >= 0.3 is 0 Å². The average Bonchev–Trinajstić information content (AvgIpc) is 2.90. The maximum absolute atomic E-state index is 13.8. The summed E-state index contributed by atoms with van der Waals surface area (Å²) in [5, 5.41) is 0.718. The van der Waals surface area contributed by atoms with Crippen molar-refractivity contribution in [3.63, 3.8) is 0 Å². The van der Waals surface area contributed by atoms with Gasteiger partial charge in [0.2, 0.25) is 0 Å². The summed E-state index contributed by atoms with van der Waals surface area (Å²) in [6.45, 7) is 12.5. The highest BCUT2D eigenvalue weighted by Crippen LogP contribution is 2.40. The average molecular weight is 531 g/mol. The molecule has 2 heterocycles. The molecule has 2 aliphatic heterocycles. The molecule has 4 aromatic rings. The van der Waals surface area contributed by atoms with Crippen LogP contribution in [0.25, 0.3) is 10.8 Å². The van der Waals surface area contributed by atoms with Crippen LogP contribution in [0.3, 0.4) is 0 Å². The molecule has 200 valence electrons. The Labute approximate surface area is 233 Å². The number of amides is 4. The van der Waals surface area contributed by atoms with Gasteiger partial charge in [-0.25, -0.2) is 9.80 Å². The number of hydrogen-bond donors (Lipinski definition) is 0. The Morgan fingerprint density at radius 2 is 0.850 bits per heavy atom. The highest BCUT2D eigenvalue weighted by molar-refractivity contribution is 6.42. The second-order valence-electron chi connectivity index (χ2n) is 12.6. The van der Waals surface area contributed by atoms with Gasteiger partial charge in [0.25, 0.3) is 23.6 Å². The predicted molar refractivity (Wildman–Crippen MR) is 157 cm³/mol. The predicted octanol–water partition coefficient (Wildman–Crippen LogP) is 7.04. The van der Waals surface area contributed by atoms with Crippen LogP contribution in [0.2, 0.25) is 0 Å². The summed E-state index contributed by atoms with van der Waals surface area (Å²) in [4.78, 5) is 57.4. The molecule has 0 bridgehead atoms. The number of nitrogens with zero attached hydrogens (tertiary/aromatic N) is 2. The second kappa shape index (κ2) is 8.46. The normalized spacial score (nSPS) is 15.3. The molecule has 4 aromatic carbocycles. The lowest BCUT2D eigenvalue weighted by molar-refractivity contribution is 0.0873. The van der Waals surface area contributed by atoms with Gasteiger partial charge in [0.1, 0.15) is 0 Å². The van der Waals surface area contributed by atoms with Crippen LogP contribution in [-0.2, 0) is 10.8 Å². The van der Waals surface area contributed by atoms with E-state index in [9.17, 15) is 19.2 Å². The van der Waals surface area contributed by atoms with Gasteiger partial charge in [0.05, 0.1) is 11.4 Å². The molecule has 0 saturated carbocycles. The molecule has 0 radical (unpaired) electrons. The zero-order chi connectivity index (χ0) is 28.7. The van der Waals surface area contributed by atoms with Gasteiger partial charge in [-0.1, -0.05) is 65.8 Å². The lowest BCUT2D eigenvalue weighted by Crippen LogP contribution is -2.43. The molecular weight excluding hydrogens is 500 g/mol. The highest BCUT2D eigenvalue weighted by atomic mass is 16.2. The molecule has 0 fully saturated rings. The third kappa shape index (κ3) is 3.70. The third-order valence-electron chi connectivity index (χ3n) is 7.86. The van der Waals surface area contributed by atoms with Crippen molar-refractivity contribution in [2.45, 2.75) is 52.4 Å². The van der Waals surface area contributed by atoms with Crippen LogP contribution in [-0.4, -0.2) is 23.6 Å². The van der Waals surface area contributed by atoms with Crippen molar-refractivity contribution in [2.75, 3.05) is 9.80 Å². The maximum atomic E-state index is 13.8. The van der Waals surface area contributed by atoms with E-state index < -0.39 is 23.6 Å². The number of carbonyl (C=O) groups is 4. The zero-order valence-electron chi connectivity index (χ0n) is 23.5. The molecule has 2 aliphatic rings. The van der Waals surface area contributed by atoms with E-state index in [0.29, 0.717) is 44.4 Å². The topological polar surface area (TPSA) is 74.8 Å². The molecule has 6 rings (SSSR count). The summed E-state index contributed by atoms with van der Waals surface area (Å²) in [6.07, 6.45) is 0. The van der Waals surface area contributed by atoms with Gasteiger partial charge in [-0.3, -0.25) is 19.2 Å². The molecule has 6 heteroatoms. The van der Waals surface area contributed by atoms with Crippen LogP contribution in [0.5, 0.6) is 0 Å². The molecule has 6 nitrogen and oxygen atoms in total. The van der Waals surface area contributed by atoms with Crippen molar-refractivity contribution >= 4 is 45.8 Å². The minimum absolute atomic E-state index is 0.0752. The fourth-order valence-electron chi connectivity index (χ4n) is 5.57.